The summed E-state index contributed by atoms with van der Waals surface area (Å²) >= 11 is 0. The number of hydrogen-bond acceptors (Lipinski definition) is 4. The quantitative estimate of drug-likeness (QED) is 0.914. The molecule has 0 aliphatic rings. The summed E-state index contributed by atoms with van der Waals surface area (Å²) in [7, 11) is 1.63. The first-order valence-electron chi connectivity index (χ1n) is 6.43. The first kappa shape index (κ1) is 16.0. The van der Waals surface area contributed by atoms with Gasteiger partial charge in [-0.15, -0.1) is 0 Å². The minimum absolute atomic E-state index is 0.266. The molecule has 7 nitrogen and oxygen atoms in total. The van der Waals surface area contributed by atoms with Crippen LogP contribution >= 0.6 is 0 Å². The number of likely N-dealkylation sites (N-methyl/N-ethyl adjacent to an activating group) is 1. The van der Waals surface area contributed by atoms with E-state index in [0.29, 0.717) is 18.9 Å². The topological polar surface area (TPSA) is 76.5 Å². The molecule has 0 unspecified atom stereocenters. The van der Waals surface area contributed by atoms with E-state index < -0.39 is 11.7 Å². The fraction of sp³-hybridized carbons (Fsp3) is 0.615. The van der Waals surface area contributed by atoms with Crippen LogP contribution in [-0.2, 0) is 4.74 Å². The second-order valence-corrected chi connectivity index (χ2v) is 5.48. The molecule has 112 valence electrons. The van der Waals surface area contributed by atoms with Gasteiger partial charge in [-0.3, -0.25) is 4.57 Å². The molecule has 7 heteroatoms. The molecular formula is C13H22N4O3. The maximum atomic E-state index is 11.8. The van der Waals surface area contributed by atoms with Crippen LogP contribution in [0.1, 0.15) is 26.6 Å². The van der Waals surface area contributed by atoms with Crippen LogP contribution in [-0.4, -0.2) is 52.3 Å². The molecule has 0 radical (unpaired) electrons. The van der Waals surface area contributed by atoms with Crippen LogP contribution in [0.5, 0.6) is 0 Å². The molecule has 20 heavy (non-hydrogen) atoms. The molecule has 0 bridgehead atoms. The minimum atomic E-state index is -0.525. The first-order chi connectivity index (χ1) is 9.20. The van der Waals surface area contributed by atoms with Crippen molar-refractivity contribution < 1.29 is 14.3 Å². The van der Waals surface area contributed by atoms with Crippen molar-refractivity contribution in [1.82, 2.24) is 19.8 Å². The molecule has 0 aromatic carbocycles. The zero-order chi connectivity index (χ0) is 15.3. The molecule has 0 aliphatic carbocycles. The summed E-state index contributed by atoms with van der Waals surface area (Å²) in [5.41, 5.74) is -0.525. The predicted octanol–water partition coefficient (Wildman–Crippen LogP) is 1.62. The first-order valence-corrected chi connectivity index (χ1v) is 6.43. The Kier molecular flexibility index (Phi) is 5.12. The van der Waals surface area contributed by atoms with Gasteiger partial charge in [-0.1, -0.05) is 0 Å². The molecule has 1 aromatic heterocycles. The number of aromatic nitrogens is 2. The number of imidazole rings is 1. The highest BCUT2D eigenvalue weighted by Crippen LogP contribution is 2.08. The lowest BCUT2D eigenvalue weighted by atomic mass is 10.2. The lowest BCUT2D eigenvalue weighted by Crippen LogP contribution is -2.40. The van der Waals surface area contributed by atoms with E-state index in [4.69, 9.17) is 4.74 Å². The van der Waals surface area contributed by atoms with Crippen molar-refractivity contribution in [2.45, 2.75) is 33.3 Å². The Morgan fingerprint density at radius 1 is 1.45 bits per heavy atom. The smallest absolute Gasteiger partial charge is 0.410 e. The Morgan fingerprint density at radius 2 is 2.10 bits per heavy atom. The van der Waals surface area contributed by atoms with Gasteiger partial charge in [0.15, 0.2) is 0 Å². The van der Waals surface area contributed by atoms with E-state index in [2.05, 4.69) is 10.3 Å². The summed E-state index contributed by atoms with van der Waals surface area (Å²) < 4.78 is 6.62. The minimum Gasteiger partial charge on any atom is -0.444 e. The van der Waals surface area contributed by atoms with Crippen LogP contribution in [0.3, 0.4) is 0 Å². The zero-order valence-electron chi connectivity index (χ0n) is 12.6. The van der Waals surface area contributed by atoms with Crippen molar-refractivity contribution in [2.75, 3.05) is 20.1 Å². The molecule has 1 heterocycles. The van der Waals surface area contributed by atoms with Gasteiger partial charge in [0.25, 0.3) is 0 Å². The van der Waals surface area contributed by atoms with Gasteiger partial charge in [-0.05, 0) is 27.7 Å². The van der Waals surface area contributed by atoms with Crippen molar-refractivity contribution in [3.05, 3.63) is 18.2 Å². The number of hydrogen-bond donors (Lipinski definition) is 1. The van der Waals surface area contributed by atoms with Gasteiger partial charge in [0.1, 0.15) is 11.4 Å². The molecule has 0 aliphatic heterocycles. The second kappa shape index (κ2) is 6.40. The van der Waals surface area contributed by atoms with Crippen molar-refractivity contribution in [3.63, 3.8) is 0 Å². The molecule has 1 aromatic rings. The Hall–Kier alpha value is -2.05. The van der Waals surface area contributed by atoms with Crippen molar-refractivity contribution in [2.24, 2.45) is 0 Å². The molecule has 0 fully saturated rings. The van der Waals surface area contributed by atoms with E-state index in [1.807, 2.05) is 20.8 Å². The number of aryl methyl sites for hydroxylation is 1. The van der Waals surface area contributed by atoms with E-state index in [0.717, 1.165) is 0 Å². The monoisotopic (exact) mass is 282 g/mol. The van der Waals surface area contributed by atoms with E-state index >= 15 is 0 Å². The predicted molar refractivity (Wildman–Crippen MR) is 74.6 cm³/mol. The Morgan fingerprint density at radius 3 is 2.60 bits per heavy atom. The second-order valence-electron chi connectivity index (χ2n) is 5.48. The number of ether oxygens (including phenoxy) is 1. The van der Waals surface area contributed by atoms with E-state index in [9.17, 15) is 9.59 Å². The van der Waals surface area contributed by atoms with E-state index in [1.165, 1.54) is 9.47 Å². The van der Waals surface area contributed by atoms with E-state index in [-0.39, 0.29) is 6.03 Å². The number of nitrogens with zero attached hydrogens (tertiary/aromatic N) is 3. The number of rotatable bonds is 3. The molecule has 1 N–H and O–H groups in total. The molecule has 2 amide bonds. The third-order valence-corrected chi connectivity index (χ3v) is 2.47. The van der Waals surface area contributed by atoms with Crippen LogP contribution < -0.4 is 5.32 Å². The summed E-state index contributed by atoms with van der Waals surface area (Å²) in [6.07, 6.45) is 2.73. The third kappa shape index (κ3) is 4.91. The number of carbonyl (C=O) groups excluding carboxylic acids is 2. The summed E-state index contributed by atoms with van der Waals surface area (Å²) in [5, 5.41) is 2.71. The highest BCUT2D eigenvalue weighted by molar-refractivity contribution is 5.77. The van der Waals surface area contributed by atoms with Crippen LogP contribution in [0.15, 0.2) is 12.4 Å². The van der Waals surface area contributed by atoms with Crippen LogP contribution in [0.4, 0.5) is 9.59 Å². The molecule has 1 rings (SSSR count). The number of nitrogens with one attached hydrogen (secondary N) is 1. The normalized spacial score (nSPS) is 11.1. The van der Waals surface area contributed by atoms with Gasteiger partial charge >= 0.3 is 12.1 Å². The van der Waals surface area contributed by atoms with Crippen LogP contribution in [0.25, 0.3) is 0 Å². The standard InChI is InChI=1S/C13H22N4O3/c1-10-14-7-9-17(10)11(18)15-6-8-16(5)12(19)20-13(2,3)4/h7,9H,6,8H2,1-5H3,(H,15,18). The lowest BCUT2D eigenvalue weighted by molar-refractivity contribution is 0.0301. The Balaban J connectivity index is 2.35. The highest BCUT2D eigenvalue weighted by atomic mass is 16.6. The maximum Gasteiger partial charge on any atom is 0.410 e. The van der Waals surface area contributed by atoms with Gasteiger partial charge in [0.2, 0.25) is 0 Å². The van der Waals surface area contributed by atoms with Gasteiger partial charge in [-0.25, -0.2) is 14.6 Å². The lowest BCUT2D eigenvalue weighted by Gasteiger charge is -2.24. The van der Waals surface area contributed by atoms with Gasteiger partial charge < -0.3 is 15.0 Å². The van der Waals surface area contributed by atoms with Crippen molar-refractivity contribution in [3.8, 4) is 0 Å². The number of amides is 2. The van der Waals surface area contributed by atoms with Gasteiger partial charge in [-0.2, -0.15) is 0 Å². The molecule has 0 spiro atoms. The fourth-order valence-electron chi connectivity index (χ4n) is 1.44. The molecular weight excluding hydrogens is 260 g/mol. The third-order valence-electron chi connectivity index (χ3n) is 2.47. The zero-order valence-corrected chi connectivity index (χ0v) is 12.6. The summed E-state index contributed by atoms with van der Waals surface area (Å²) in [5.74, 6) is 0.614. The van der Waals surface area contributed by atoms with Gasteiger partial charge in [0, 0.05) is 32.5 Å². The maximum absolute atomic E-state index is 11.8. The van der Waals surface area contributed by atoms with Crippen molar-refractivity contribution >= 4 is 12.1 Å². The Labute approximate surface area is 118 Å². The highest BCUT2D eigenvalue weighted by Gasteiger charge is 2.19. The van der Waals surface area contributed by atoms with E-state index in [1.54, 1.807) is 26.4 Å². The van der Waals surface area contributed by atoms with Gasteiger partial charge in [0.05, 0.1) is 0 Å². The van der Waals surface area contributed by atoms with Crippen molar-refractivity contribution in [1.29, 1.82) is 0 Å². The fourth-order valence-corrected chi connectivity index (χ4v) is 1.44. The molecule has 0 atom stereocenters. The molecule has 0 saturated carbocycles. The average molecular weight is 282 g/mol. The average Bonchev–Trinajstić information content (AvgIpc) is 2.72. The summed E-state index contributed by atoms with van der Waals surface area (Å²) in [4.78, 5) is 28.9. The SMILES string of the molecule is Cc1nccn1C(=O)NCCN(C)C(=O)OC(C)(C)C. The number of carbonyl (C=O) groups is 2. The van der Waals surface area contributed by atoms with Crippen LogP contribution in [0, 0.1) is 6.92 Å². The summed E-state index contributed by atoms with van der Waals surface area (Å²) in [6, 6.07) is -0.266. The molecule has 0 saturated heterocycles. The largest absolute Gasteiger partial charge is 0.444 e. The summed E-state index contributed by atoms with van der Waals surface area (Å²) in [6.45, 7) is 7.88. The Bertz CT molecular complexity index is 476. The van der Waals surface area contributed by atoms with Crippen LogP contribution in [0.2, 0.25) is 0 Å².